The van der Waals surface area contributed by atoms with E-state index in [2.05, 4.69) is 15.2 Å². The summed E-state index contributed by atoms with van der Waals surface area (Å²) in [6, 6.07) is 0. The van der Waals surface area contributed by atoms with Gasteiger partial charge in [0.1, 0.15) is 0 Å². The average Bonchev–Trinajstić information content (AvgIpc) is 2.42. The molecule has 0 bridgehead atoms. The van der Waals surface area contributed by atoms with Crippen molar-refractivity contribution in [3.63, 3.8) is 0 Å². The Kier molecular flexibility index (Phi) is 7.70. The van der Waals surface area contributed by atoms with Gasteiger partial charge in [-0.25, -0.2) is 0 Å². The molecular weight excluding hydrogens is 284 g/mol. The highest BCUT2D eigenvalue weighted by Gasteiger charge is 2.23. The Morgan fingerprint density at radius 1 is 1.45 bits per heavy atom. The molecule has 1 rings (SSSR count). The number of carbonyl (C=O) groups is 2. The number of amides is 1. The molecule has 0 radical (unpaired) electrons. The molecule has 0 saturated carbocycles. The Bertz CT molecular complexity index is 410. The van der Waals surface area contributed by atoms with Gasteiger partial charge in [-0.2, -0.15) is 0 Å². The Balaban J connectivity index is 2.40. The fourth-order valence-electron chi connectivity index (χ4n) is 2.64. The molecule has 22 heavy (non-hydrogen) atoms. The van der Waals surface area contributed by atoms with Crippen molar-refractivity contribution in [2.24, 2.45) is 16.6 Å². The third-order valence-electron chi connectivity index (χ3n) is 3.50. The van der Waals surface area contributed by atoms with Crippen LogP contribution in [0, 0.1) is 5.92 Å². The maximum Gasteiger partial charge on any atom is 0.307 e. The van der Waals surface area contributed by atoms with Crippen LogP contribution >= 0.6 is 0 Å². The van der Waals surface area contributed by atoms with Gasteiger partial charge in [0.25, 0.3) is 0 Å². The number of guanidine groups is 1. The lowest BCUT2D eigenvalue weighted by molar-refractivity contribution is -0.147. The number of rotatable bonds is 6. The largest absolute Gasteiger partial charge is 0.463 e. The van der Waals surface area contributed by atoms with Crippen molar-refractivity contribution in [3.8, 4) is 0 Å². The molecule has 1 saturated heterocycles. The summed E-state index contributed by atoms with van der Waals surface area (Å²) in [5.74, 6) is 0.552. The summed E-state index contributed by atoms with van der Waals surface area (Å²) in [5, 5.41) is 3.18. The molecule has 1 atom stereocenters. The van der Waals surface area contributed by atoms with Crippen molar-refractivity contribution in [2.75, 3.05) is 26.7 Å². The molecule has 1 fully saturated rings. The van der Waals surface area contributed by atoms with E-state index in [0.717, 1.165) is 31.9 Å². The van der Waals surface area contributed by atoms with E-state index in [0.29, 0.717) is 19.4 Å². The third-order valence-corrected chi connectivity index (χ3v) is 3.50. The highest BCUT2D eigenvalue weighted by Crippen LogP contribution is 2.19. The molecular formula is C15H28N4O3. The molecule has 3 N–H and O–H groups in total. The lowest BCUT2D eigenvalue weighted by Gasteiger charge is -2.34. The molecule has 0 aromatic rings. The molecule has 1 aliphatic heterocycles. The van der Waals surface area contributed by atoms with Gasteiger partial charge in [-0.1, -0.05) is 0 Å². The number of nitrogens with zero attached hydrogens (tertiary/aromatic N) is 2. The minimum absolute atomic E-state index is 0.0940. The minimum atomic E-state index is -0.258. The number of piperidine rings is 1. The molecule has 1 aliphatic rings. The summed E-state index contributed by atoms with van der Waals surface area (Å²) in [6.07, 6.45) is 2.64. The second kappa shape index (κ2) is 9.27. The molecule has 7 nitrogen and oxygen atoms in total. The lowest BCUT2D eigenvalue weighted by Crippen LogP contribution is -2.47. The SMILES string of the molecule is CN=C(NCCC(=O)OC(C)C)N1CCCC(CC(N)=O)C1. The van der Waals surface area contributed by atoms with Crippen LogP contribution in [0.4, 0.5) is 0 Å². The van der Waals surface area contributed by atoms with E-state index in [-0.39, 0.29) is 23.9 Å². The molecule has 126 valence electrons. The maximum absolute atomic E-state index is 11.5. The molecule has 7 heteroatoms. The zero-order chi connectivity index (χ0) is 16.5. The molecule has 1 amide bonds. The number of primary amides is 1. The summed E-state index contributed by atoms with van der Waals surface area (Å²) < 4.78 is 5.09. The number of hydrogen-bond acceptors (Lipinski definition) is 4. The van der Waals surface area contributed by atoms with E-state index >= 15 is 0 Å². The first-order valence-electron chi connectivity index (χ1n) is 7.85. The summed E-state index contributed by atoms with van der Waals surface area (Å²) in [4.78, 5) is 28.9. The third kappa shape index (κ3) is 6.78. The predicted molar refractivity (Wildman–Crippen MR) is 85.3 cm³/mol. The number of aliphatic imine (C=N–C) groups is 1. The first-order chi connectivity index (χ1) is 10.4. The van der Waals surface area contributed by atoms with Crippen LogP contribution in [-0.2, 0) is 14.3 Å². The normalized spacial score (nSPS) is 19.2. The van der Waals surface area contributed by atoms with E-state index in [1.807, 2.05) is 13.8 Å². The number of nitrogens with two attached hydrogens (primary N) is 1. The molecule has 1 heterocycles. The van der Waals surface area contributed by atoms with E-state index in [1.54, 1.807) is 7.05 Å². The van der Waals surface area contributed by atoms with Gasteiger partial charge in [0.05, 0.1) is 12.5 Å². The zero-order valence-electron chi connectivity index (χ0n) is 13.8. The number of hydrogen-bond donors (Lipinski definition) is 2. The Labute approximate surface area is 132 Å². The van der Waals surface area contributed by atoms with Crippen molar-refractivity contribution in [2.45, 2.75) is 45.6 Å². The van der Waals surface area contributed by atoms with Crippen molar-refractivity contribution >= 4 is 17.8 Å². The van der Waals surface area contributed by atoms with Gasteiger partial charge in [-0.15, -0.1) is 0 Å². The summed E-state index contributed by atoms with van der Waals surface area (Å²) in [7, 11) is 1.71. The second-order valence-corrected chi connectivity index (χ2v) is 5.89. The Morgan fingerprint density at radius 2 is 2.18 bits per heavy atom. The van der Waals surface area contributed by atoms with Crippen LogP contribution in [0.3, 0.4) is 0 Å². The lowest BCUT2D eigenvalue weighted by atomic mass is 9.95. The van der Waals surface area contributed by atoms with E-state index in [4.69, 9.17) is 10.5 Å². The number of carbonyl (C=O) groups excluding carboxylic acids is 2. The maximum atomic E-state index is 11.5. The van der Waals surface area contributed by atoms with E-state index in [9.17, 15) is 9.59 Å². The molecule has 0 aromatic carbocycles. The number of esters is 1. The second-order valence-electron chi connectivity index (χ2n) is 5.89. The highest BCUT2D eigenvalue weighted by atomic mass is 16.5. The van der Waals surface area contributed by atoms with Gasteiger partial charge in [0, 0.05) is 33.1 Å². The van der Waals surface area contributed by atoms with Crippen molar-refractivity contribution in [1.29, 1.82) is 0 Å². The fourth-order valence-corrected chi connectivity index (χ4v) is 2.64. The van der Waals surface area contributed by atoms with Gasteiger partial charge < -0.3 is 20.7 Å². The van der Waals surface area contributed by atoms with E-state index < -0.39 is 0 Å². The summed E-state index contributed by atoms with van der Waals surface area (Å²) in [6.45, 7) is 5.80. The van der Waals surface area contributed by atoms with Crippen LogP contribution < -0.4 is 11.1 Å². The molecule has 0 aromatic heterocycles. The first-order valence-corrected chi connectivity index (χ1v) is 7.85. The van der Waals surface area contributed by atoms with E-state index in [1.165, 1.54) is 0 Å². The monoisotopic (exact) mass is 312 g/mol. The van der Waals surface area contributed by atoms with Crippen molar-refractivity contribution < 1.29 is 14.3 Å². The van der Waals surface area contributed by atoms with Crippen LogP contribution in [0.15, 0.2) is 4.99 Å². The summed E-state index contributed by atoms with van der Waals surface area (Å²) in [5.41, 5.74) is 5.28. The van der Waals surface area contributed by atoms with Gasteiger partial charge in [-0.05, 0) is 32.6 Å². The average molecular weight is 312 g/mol. The topological polar surface area (TPSA) is 97.0 Å². The fraction of sp³-hybridized carbons (Fsp3) is 0.800. The standard InChI is InChI=1S/C15H28N4O3/c1-11(2)22-14(21)6-7-18-15(17-3)19-8-4-5-12(10-19)9-13(16)20/h11-12H,4-10H2,1-3H3,(H2,16,20)(H,17,18). The van der Waals surface area contributed by atoms with Crippen LogP contribution in [0.25, 0.3) is 0 Å². The van der Waals surface area contributed by atoms with Crippen molar-refractivity contribution in [3.05, 3.63) is 0 Å². The van der Waals surface area contributed by atoms with Gasteiger partial charge in [0.15, 0.2) is 5.96 Å². The number of likely N-dealkylation sites (tertiary alicyclic amines) is 1. The minimum Gasteiger partial charge on any atom is -0.463 e. The van der Waals surface area contributed by atoms with Gasteiger partial charge >= 0.3 is 5.97 Å². The Morgan fingerprint density at radius 3 is 2.77 bits per heavy atom. The van der Waals surface area contributed by atoms with Gasteiger partial charge in [0.2, 0.25) is 5.91 Å². The van der Waals surface area contributed by atoms with Crippen LogP contribution in [0.1, 0.15) is 39.5 Å². The number of nitrogens with one attached hydrogen (secondary N) is 1. The van der Waals surface area contributed by atoms with Crippen LogP contribution in [0.2, 0.25) is 0 Å². The molecule has 1 unspecified atom stereocenters. The smallest absolute Gasteiger partial charge is 0.307 e. The highest BCUT2D eigenvalue weighted by molar-refractivity contribution is 5.81. The molecule has 0 aliphatic carbocycles. The quantitative estimate of drug-likeness (QED) is 0.423. The van der Waals surface area contributed by atoms with Crippen molar-refractivity contribution in [1.82, 2.24) is 10.2 Å². The van der Waals surface area contributed by atoms with Crippen LogP contribution in [-0.4, -0.2) is 55.5 Å². The predicted octanol–water partition coefficient (Wildman–Crippen LogP) is 0.491. The number of ether oxygens (including phenoxy) is 1. The van der Waals surface area contributed by atoms with Gasteiger partial charge in [-0.3, -0.25) is 14.6 Å². The van der Waals surface area contributed by atoms with Crippen LogP contribution in [0.5, 0.6) is 0 Å². The Hall–Kier alpha value is -1.79. The summed E-state index contributed by atoms with van der Waals surface area (Å²) >= 11 is 0. The zero-order valence-corrected chi connectivity index (χ0v) is 13.8. The molecule has 0 spiro atoms. The first kappa shape index (κ1) is 18.3.